The third kappa shape index (κ3) is 3.89. The molecule has 0 aliphatic rings. The summed E-state index contributed by atoms with van der Waals surface area (Å²) in [6.07, 6.45) is 1.19. The molecule has 0 fully saturated rings. The molecule has 0 amide bonds. The number of benzene rings is 2. The van der Waals surface area contributed by atoms with Crippen LogP contribution in [0, 0.1) is 15.9 Å². The summed E-state index contributed by atoms with van der Waals surface area (Å²) in [5, 5.41) is 17.8. The van der Waals surface area contributed by atoms with Crippen LogP contribution < -0.4 is 15.4 Å². The minimum atomic E-state index is -0.593. The van der Waals surface area contributed by atoms with E-state index in [9.17, 15) is 14.5 Å². The molecule has 9 nitrogen and oxygen atoms in total. The maximum atomic E-state index is 13.1. The fourth-order valence-electron chi connectivity index (χ4n) is 2.59. The Morgan fingerprint density at radius 2 is 1.83 bits per heavy atom. The lowest BCUT2D eigenvalue weighted by Gasteiger charge is -2.08. The highest BCUT2D eigenvalue weighted by Gasteiger charge is 2.24. The van der Waals surface area contributed by atoms with E-state index in [0.717, 1.165) is 10.2 Å². The summed E-state index contributed by atoms with van der Waals surface area (Å²) in [5.74, 6) is 0.233. The van der Waals surface area contributed by atoms with Crippen molar-refractivity contribution in [2.45, 2.75) is 0 Å². The van der Waals surface area contributed by atoms with Gasteiger partial charge in [0.25, 0.3) is 0 Å². The number of rotatable bonds is 6. The first-order valence-electron chi connectivity index (χ1n) is 8.27. The minimum absolute atomic E-state index is 0.0133. The SMILES string of the molecule is COc1ccc2nc(Nc3ncnc(Nc4ccc(F)cc4)c3[N+](=O)[O-])sc2c1. The number of thiazole rings is 1. The van der Waals surface area contributed by atoms with Crippen molar-refractivity contribution in [3.63, 3.8) is 0 Å². The molecule has 0 aliphatic carbocycles. The molecule has 2 aromatic carbocycles. The van der Waals surface area contributed by atoms with Crippen LogP contribution in [-0.2, 0) is 0 Å². The van der Waals surface area contributed by atoms with Crippen LogP contribution in [0.15, 0.2) is 48.8 Å². The first-order chi connectivity index (χ1) is 14.0. The molecular weight excluding hydrogens is 399 g/mol. The molecule has 29 heavy (non-hydrogen) atoms. The van der Waals surface area contributed by atoms with Gasteiger partial charge < -0.3 is 15.4 Å². The van der Waals surface area contributed by atoms with Crippen LogP contribution in [0.3, 0.4) is 0 Å². The molecule has 0 radical (unpaired) electrons. The van der Waals surface area contributed by atoms with Gasteiger partial charge in [-0.05, 0) is 42.5 Å². The first kappa shape index (κ1) is 18.5. The molecule has 11 heteroatoms. The second kappa shape index (κ2) is 7.64. The largest absolute Gasteiger partial charge is 0.497 e. The van der Waals surface area contributed by atoms with Crippen LogP contribution in [0.2, 0.25) is 0 Å². The molecule has 0 saturated heterocycles. The Hall–Kier alpha value is -3.86. The fourth-order valence-corrected chi connectivity index (χ4v) is 3.48. The van der Waals surface area contributed by atoms with Gasteiger partial charge in [-0.1, -0.05) is 11.3 Å². The fraction of sp³-hybridized carbons (Fsp3) is 0.0556. The van der Waals surface area contributed by atoms with Gasteiger partial charge in [0.15, 0.2) is 5.13 Å². The minimum Gasteiger partial charge on any atom is -0.497 e. The lowest BCUT2D eigenvalue weighted by molar-refractivity contribution is -0.383. The molecule has 0 bridgehead atoms. The molecule has 0 atom stereocenters. The van der Waals surface area contributed by atoms with Crippen LogP contribution in [0.5, 0.6) is 5.75 Å². The molecule has 0 spiro atoms. The van der Waals surface area contributed by atoms with E-state index < -0.39 is 10.7 Å². The Morgan fingerprint density at radius 3 is 2.52 bits per heavy atom. The predicted molar refractivity (Wildman–Crippen MR) is 108 cm³/mol. The van der Waals surface area contributed by atoms with E-state index in [4.69, 9.17) is 4.74 Å². The molecule has 2 heterocycles. The van der Waals surface area contributed by atoms with Gasteiger partial charge in [-0.25, -0.2) is 19.3 Å². The van der Waals surface area contributed by atoms with E-state index in [-0.39, 0.29) is 17.3 Å². The molecule has 2 aromatic heterocycles. The molecule has 146 valence electrons. The Kier molecular flexibility index (Phi) is 4.87. The number of nitrogens with zero attached hydrogens (tertiary/aromatic N) is 4. The second-order valence-electron chi connectivity index (χ2n) is 5.79. The highest BCUT2D eigenvalue weighted by Crippen LogP contribution is 2.36. The van der Waals surface area contributed by atoms with E-state index in [2.05, 4.69) is 25.6 Å². The summed E-state index contributed by atoms with van der Waals surface area (Å²) in [4.78, 5) is 23.5. The number of ether oxygens (including phenoxy) is 1. The zero-order valence-corrected chi connectivity index (χ0v) is 15.7. The molecule has 2 N–H and O–H groups in total. The Bertz CT molecular complexity index is 1200. The summed E-state index contributed by atoms with van der Waals surface area (Å²) in [6.45, 7) is 0. The zero-order valence-electron chi connectivity index (χ0n) is 14.9. The summed E-state index contributed by atoms with van der Waals surface area (Å²) in [6, 6.07) is 10.8. The summed E-state index contributed by atoms with van der Waals surface area (Å²) in [5.41, 5.74) is 0.819. The van der Waals surface area contributed by atoms with Gasteiger partial charge in [0, 0.05) is 5.69 Å². The van der Waals surface area contributed by atoms with Crippen molar-refractivity contribution >= 4 is 49.7 Å². The van der Waals surface area contributed by atoms with Crippen molar-refractivity contribution in [2.24, 2.45) is 0 Å². The number of hydrogen-bond acceptors (Lipinski definition) is 9. The molecule has 0 unspecified atom stereocenters. The van der Waals surface area contributed by atoms with Crippen LogP contribution in [0.4, 0.5) is 32.5 Å². The number of anilines is 4. The maximum absolute atomic E-state index is 13.1. The number of methoxy groups -OCH3 is 1. The Labute approximate surface area is 167 Å². The van der Waals surface area contributed by atoms with Crippen LogP contribution >= 0.6 is 11.3 Å². The normalized spacial score (nSPS) is 10.7. The third-order valence-corrected chi connectivity index (χ3v) is 4.87. The summed E-state index contributed by atoms with van der Waals surface area (Å²) >= 11 is 1.31. The average Bonchev–Trinajstić information content (AvgIpc) is 3.11. The van der Waals surface area contributed by atoms with Gasteiger partial charge in [-0.3, -0.25) is 10.1 Å². The highest BCUT2D eigenvalue weighted by atomic mass is 32.1. The van der Waals surface area contributed by atoms with Crippen LogP contribution in [-0.4, -0.2) is 27.0 Å². The Balaban J connectivity index is 1.68. The topological polar surface area (TPSA) is 115 Å². The van der Waals surface area contributed by atoms with E-state index in [1.165, 1.54) is 41.9 Å². The summed E-state index contributed by atoms with van der Waals surface area (Å²) in [7, 11) is 1.57. The number of fused-ring (bicyclic) bond motifs is 1. The molecule has 4 rings (SSSR count). The van der Waals surface area contributed by atoms with E-state index in [1.807, 2.05) is 6.07 Å². The number of nitrogens with one attached hydrogen (secondary N) is 2. The predicted octanol–water partition coefficient (Wildman–Crippen LogP) is 4.63. The van der Waals surface area contributed by atoms with Crippen molar-refractivity contribution in [3.05, 3.63) is 64.7 Å². The Morgan fingerprint density at radius 1 is 1.10 bits per heavy atom. The van der Waals surface area contributed by atoms with Gasteiger partial charge in [0.1, 0.15) is 17.9 Å². The average molecular weight is 412 g/mol. The van der Waals surface area contributed by atoms with Gasteiger partial charge in [-0.2, -0.15) is 0 Å². The first-order valence-corrected chi connectivity index (χ1v) is 9.09. The van der Waals surface area contributed by atoms with Gasteiger partial charge in [0.05, 0.1) is 22.2 Å². The van der Waals surface area contributed by atoms with E-state index in [1.54, 1.807) is 19.2 Å². The maximum Gasteiger partial charge on any atom is 0.353 e. The van der Waals surface area contributed by atoms with E-state index >= 15 is 0 Å². The van der Waals surface area contributed by atoms with Gasteiger partial charge in [0.2, 0.25) is 11.6 Å². The van der Waals surface area contributed by atoms with Gasteiger partial charge in [-0.15, -0.1) is 0 Å². The second-order valence-corrected chi connectivity index (χ2v) is 6.82. The standard InChI is InChI=1S/C18H13FN6O3S/c1-28-12-6-7-13-14(8-12)29-18(23-13)24-17-15(25(26)27)16(20-9-21-17)22-11-4-2-10(19)3-5-11/h2-9H,1H3,(H2,20,21,22,23,24). The molecule has 0 aliphatic heterocycles. The lowest BCUT2D eigenvalue weighted by atomic mass is 10.3. The van der Waals surface area contributed by atoms with Crippen molar-refractivity contribution in [2.75, 3.05) is 17.7 Å². The van der Waals surface area contributed by atoms with Gasteiger partial charge >= 0.3 is 5.69 Å². The zero-order chi connectivity index (χ0) is 20.4. The number of nitro groups is 1. The van der Waals surface area contributed by atoms with Crippen molar-refractivity contribution < 1.29 is 14.1 Å². The molecule has 4 aromatic rings. The number of halogens is 1. The van der Waals surface area contributed by atoms with Crippen LogP contribution in [0.1, 0.15) is 0 Å². The quantitative estimate of drug-likeness (QED) is 0.348. The third-order valence-electron chi connectivity index (χ3n) is 3.93. The number of aromatic nitrogens is 3. The highest BCUT2D eigenvalue weighted by molar-refractivity contribution is 7.22. The van der Waals surface area contributed by atoms with Crippen LogP contribution in [0.25, 0.3) is 10.2 Å². The lowest BCUT2D eigenvalue weighted by Crippen LogP contribution is -2.05. The van der Waals surface area contributed by atoms with Crippen molar-refractivity contribution in [1.29, 1.82) is 0 Å². The molecule has 0 saturated carbocycles. The molecular formula is C18H13FN6O3S. The van der Waals surface area contributed by atoms with Crippen molar-refractivity contribution in [3.8, 4) is 5.75 Å². The number of hydrogen-bond donors (Lipinski definition) is 2. The van der Waals surface area contributed by atoms with E-state index in [0.29, 0.717) is 16.6 Å². The van der Waals surface area contributed by atoms with Crippen molar-refractivity contribution in [1.82, 2.24) is 15.0 Å². The monoisotopic (exact) mass is 412 g/mol. The summed E-state index contributed by atoms with van der Waals surface area (Å²) < 4.78 is 19.1. The smallest absolute Gasteiger partial charge is 0.353 e.